The molecule has 1 N–H and O–H groups in total. The Balaban J connectivity index is 1.27. The molecule has 32 heavy (non-hydrogen) atoms. The van der Waals surface area contributed by atoms with Crippen LogP contribution in [-0.2, 0) is 17.9 Å². The minimum atomic E-state index is -0.113. The molecule has 0 radical (unpaired) electrons. The highest BCUT2D eigenvalue weighted by Gasteiger charge is 2.12. The number of amides is 1. The van der Waals surface area contributed by atoms with Gasteiger partial charge in [-0.25, -0.2) is 4.98 Å². The number of aryl methyl sites for hydroxylation is 2. The van der Waals surface area contributed by atoms with E-state index >= 15 is 0 Å². The second kappa shape index (κ2) is 9.60. The number of carbonyl (C=O) groups is 2. The average molecular weight is 426 g/mol. The number of ketones is 1. The second-order valence-corrected chi connectivity index (χ2v) is 8.20. The van der Waals surface area contributed by atoms with E-state index in [4.69, 9.17) is 0 Å². The predicted molar refractivity (Wildman–Crippen MR) is 127 cm³/mol. The molecule has 0 atom stereocenters. The van der Waals surface area contributed by atoms with E-state index in [2.05, 4.69) is 33.1 Å². The molecule has 0 bridgehead atoms. The van der Waals surface area contributed by atoms with Crippen molar-refractivity contribution >= 4 is 22.7 Å². The molecule has 0 saturated heterocycles. The van der Waals surface area contributed by atoms with Crippen LogP contribution in [0.15, 0.2) is 73.1 Å². The second-order valence-electron chi connectivity index (χ2n) is 8.20. The molecule has 162 valence electrons. The molecule has 0 unspecified atom stereocenters. The van der Waals surface area contributed by atoms with Gasteiger partial charge in [0.25, 0.3) is 0 Å². The summed E-state index contributed by atoms with van der Waals surface area (Å²) < 4.78 is 2.12. The number of benzene rings is 3. The summed E-state index contributed by atoms with van der Waals surface area (Å²) in [6.45, 7) is 5.08. The molecule has 0 aliphatic heterocycles. The third-order valence-electron chi connectivity index (χ3n) is 5.67. The number of carbonyl (C=O) groups excluding carboxylic acids is 2. The largest absolute Gasteiger partial charge is 0.352 e. The van der Waals surface area contributed by atoms with Gasteiger partial charge in [-0.05, 0) is 48.7 Å². The van der Waals surface area contributed by atoms with Crippen molar-refractivity contribution < 1.29 is 9.59 Å². The zero-order chi connectivity index (χ0) is 22.5. The Bertz CT molecular complexity index is 1260. The van der Waals surface area contributed by atoms with Crippen molar-refractivity contribution in [3.63, 3.8) is 0 Å². The van der Waals surface area contributed by atoms with Crippen LogP contribution in [0.5, 0.6) is 0 Å². The van der Waals surface area contributed by atoms with Crippen LogP contribution < -0.4 is 5.32 Å². The minimum absolute atomic E-state index is 0.0118. The number of hydrogen-bond donors (Lipinski definition) is 1. The number of para-hydroxylation sites is 2. The lowest BCUT2D eigenvalue weighted by Gasteiger charge is -2.09. The highest BCUT2D eigenvalue weighted by molar-refractivity contribution is 5.99. The lowest BCUT2D eigenvalue weighted by atomic mass is 9.99. The lowest BCUT2D eigenvalue weighted by molar-refractivity contribution is -0.121. The van der Waals surface area contributed by atoms with Gasteiger partial charge in [-0.3, -0.25) is 9.59 Å². The van der Waals surface area contributed by atoms with Gasteiger partial charge in [0.2, 0.25) is 5.91 Å². The number of nitrogens with zero attached hydrogens (tertiary/aromatic N) is 2. The number of Topliss-reactive ketones (excluding diaryl/α,β-unsaturated/α-hetero) is 1. The summed E-state index contributed by atoms with van der Waals surface area (Å²) >= 11 is 0. The van der Waals surface area contributed by atoms with E-state index in [9.17, 15) is 9.59 Å². The molecule has 0 aliphatic rings. The average Bonchev–Trinajstić information content (AvgIpc) is 3.21. The minimum Gasteiger partial charge on any atom is -0.352 e. The Morgan fingerprint density at radius 1 is 0.906 bits per heavy atom. The van der Waals surface area contributed by atoms with E-state index in [1.54, 1.807) is 0 Å². The van der Waals surface area contributed by atoms with Crippen molar-refractivity contribution in [3.8, 4) is 0 Å². The van der Waals surface area contributed by atoms with E-state index in [1.807, 2.05) is 68.7 Å². The van der Waals surface area contributed by atoms with Gasteiger partial charge in [0.15, 0.2) is 5.78 Å². The Morgan fingerprint density at radius 2 is 1.66 bits per heavy atom. The van der Waals surface area contributed by atoms with Gasteiger partial charge in [0.05, 0.1) is 17.4 Å². The molecule has 4 aromatic rings. The monoisotopic (exact) mass is 425 g/mol. The Kier molecular flexibility index (Phi) is 6.45. The number of fused-ring (bicyclic) bond motifs is 1. The van der Waals surface area contributed by atoms with E-state index in [1.165, 1.54) is 5.56 Å². The number of aromatic nitrogens is 2. The maximum atomic E-state index is 12.5. The van der Waals surface area contributed by atoms with E-state index < -0.39 is 0 Å². The number of nitrogens with one attached hydrogen (secondary N) is 1. The molecule has 0 spiro atoms. The third kappa shape index (κ3) is 5.11. The van der Waals surface area contributed by atoms with Crippen LogP contribution in [0.3, 0.4) is 0 Å². The van der Waals surface area contributed by atoms with Crippen LogP contribution >= 0.6 is 0 Å². The normalized spacial score (nSPS) is 10.9. The Labute approximate surface area is 188 Å². The molecule has 0 aliphatic carbocycles. The zero-order valence-corrected chi connectivity index (χ0v) is 18.5. The molecule has 0 saturated carbocycles. The summed E-state index contributed by atoms with van der Waals surface area (Å²) in [5.41, 5.74) is 7.00. The van der Waals surface area contributed by atoms with Crippen molar-refractivity contribution in [1.29, 1.82) is 0 Å². The predicted octanol–water partition coefficient (Wildman–Crippen LogP) is 4.98. The quantitative estimate of drug-likeness (QED) is 0.405. The van der Waals surface area contributed by atoms with E-state index in [0.717, 1.165) is 34.3 Å². The number of imidazole rings is 1. The SMILES string of the molecule is Cc1ccc(C)c(C(=O)CCC(=O)NCc2ccc(Cn3cnc4ccccc43)cc2)c1. The molecule has 1 heterocycles. The number of hydrogen-bond acceptors (Lipinski definition) is 3. The van der Waals surface area contributed by atoms with Crippen LogP contribution in [0.4, 0.5) is 0 Å². The maximum Gasteiger partial charge on any atom is 0.220 e. The highest BCUT2D eigenvalue weighted by atomic mass is 16.2. The van der Waals surface area contributed by atoms with Crippen LogP contribution in [0.25, 0.3) is 11.0 Å². The molecule has 5 heteroatoms. The van der Waals surface area contributed by atoms with Gasteiger partial charge in [-0.1, -0.05) is 54.1 Å². The molecule has 0 fully saturated rings. The fourth-order valence-corrected chi connectivity index (χ4v) is 3.78. The summed E-state index contributed by atoms with van der Waals surface area (Å²) in [6.07, 6.45) is 2.27. The van der Waals surface area contributed by atoms with Gasteiger partial charge in [-0.15, -0.1) is 0 Å². The smallest absolute Gasteiger partial charge is 0.220 e. The maximum absolute atomic E-state index is 12.5. The zero-order valence-electron chi connectivity index (χ0n) is 18.5. The summed E-state index contributed by atoms with van der Waals surface area (Å²) in [6, 6.07) is 22.1. The fourth-order valence-electron chi connectivity index (χ4n) is 3.78. The summed E-state index contributed by atoms with van der Waals surface area (Å²) in [5.74, 6) is -0.102. The van der Waals surface area contributed by atoms with Gasteiger partial charge in [0, 0.05) is 31.5 Å². The van der Waals surface area contributed by atoms with Gasteiger partial charge < -0.3 is 9.88 Å². The molecule has 1 aromatic heterocycles. The first-order chi connectivity index (χ1) is 15.5. The van der Waals surface area contributed by atoms with Crippen LogP contribution in [-0.4, -0.2) is 21.2 Å². The Hall–Kier alpha value is -3.73. The van der Waals surface area contributed by atoms with Crippen LogP contribution in [0.1, 0.15) is 45.5 Å². The van der Waals surface area contributed by atoms with Crippen molar-refractivity contribution in [2.75, 3.05) is 0 Å². The summed E-state index contributed by atoms with van der Waals surface area (Å²) in [5, 5.41) is 2.91. The highest BCUT2D eigenvalue weighted by Crippen LogP contribution is 2.15. The summed E-state index contributed by atoms with van der Waals surface area (Å²) in [7, 11) is 0. The number of rotatable bonds is 8. The fraction of sp³-hybridized carbons (Fsp3) is 0.222. The van der Waals surface area contributed by atoms with E-state index in [0.29, 0.717) is 12.1 Å². The van der Waals surface area contributed by atoms with Crippen LogP contribution in [0.2, 0.25) is 0 Å². The van der Waals surface area contributed by atoms with Crippen molar-refractivity contribution in [2.24, 2.45) is 0 Å². The molecule has 5 nitrogen and oxygen atoms in total. The Morgan fingerprint density at radius 3 is 2.47 bits per heavy atom. The van der Waals surface area contributed by atoms with E-state index in [-0.39, 0.29) is 24.5 Å². The standard InChI is InChI=1S/C27H27N3O2/c1-19-7-8-20(2)23(15-19)26(31)13-14-27(32)28-16-21-9-11-22(12-10-21)17-30-18-29-24-5-3-4-6-25(24)30/h3-12,15,18H,13-14,16-17H2,1-2H3,(H,28,32). The first-order valence-electron chi connectivity index (χ1n) is 10.8. The molecular weight excluding hydrogens is 398 g/mol. The van der Waals surface area contributed by atoms with Crippen molar-refractivity contribution in [3.05, 3.63) is 101 Å². The van der Waals surface area contributed by atoms with Gasteiger partial charge >= 0.3 is 0 Å². The molecule has 3 aromatic carbocycles. The molecular formula is C27H27N3O2. The summed E-state index contributed by atoms with van der Waals surface area (Å²) in [4.78, 5) is 29.1. The van der Waals surface area contributed by atoms with Crippen LogP contribution in [0, 0.1) is 13.8 Å². The lowest BCUT2D eigenvalue weighted by Crippen LogP contribution is -2.23. The molecule has 4 rings (SSSR count). The van der Waals surface area contributed by atoms with Crippen molar-refractivity contribution in [2.45, 2.75) is 39.8 Å². The van der Waals surface area contributed by atoms with Crippen molar-refractivity contribution in [1.82, 2.24) is 14.9 Å². The molecule has 1 amide bonds. The first kappa shape index (κ1) is 21.5. The topological polar surface area (TPSA) is 64.0 Å². The first-order valence-corrected chi connectivity index (χ1v) is 10.8. The third-order valence-corrected chi connectivity index (χ3v) is 5.67. The van der Waals surface area contributed by atoms with Gasteiger partial charge in [-0.2, -0.15) is 0 Å². The van der Waals surface area contributed by atoms with Gasteiger partial charge in [0.1, 0.15) is 0 Å².